The number of benzene rings is 1. The topological polar surface area (TPSA) is 163 Å². The molecule has 40 heavy (non-hydrogen) atoms. The van der Waals surface area contributed by atoms with Gasteiger partial charge in [0.25, 0.3) is 6.43 Å². The van der Waals surface area contributed by atoms with Crippen LogP contribution in [0.1, 0.15) is 36.3 Å². The number of nitriles is 1. The quantitative estimate of drug-likeness (QED) is 0.387. The third kappa shape index (κ3) is 4.62. The van der Waals surface area contributed by atoms with Gasteiger partial charge in [-0.3, -0.25) is 4.68 Å². The number of rotatable bonds is 8. The number of hydrogen-bond donors (Lipinski definition) is 2. The Hall–Kier alpha value is -2.88. The minimum atomic E-state index is -4.16. The summed E-state index contributed by atoms with van der Waals surface area (Å²) in [6, 6.07) is 4.89. The Balaban J connectivity index is 1.47. The van der Waals surface area contributed by atoms with Crippen molar-refractivity contribution in [3.8, 4) is 16.8 Å². The van der Waals surface area contributed by atoms with Crippen molar-refractivity contribution in [2.45, 2.75) is 41.4 Å². The number of fused-ring (bicyclic) bond motifs is 1. The summed E-state index contributed by atoms with van der Waals surface area (Å²) in [6.07, 6.45) is 0.0462. The van der Waals surface area contributed by atoms with E-state index in [9.17, 15) is 30.9 Å². The Labute approximate surface area is 232 Å². The molecule has 0 radical (unpaired) electrons. The second-order valence-corrected chi connectivity index (χ2v) is 15.0. The summed E-state index contributed by atoms with van der Waals surface area (Å²) in [5.74, 6) is 0. The average Bonchev–Trinajstić information content (AvgIpc) is 3.31. The van der Waals surface area contributed by atoms with Crippen molar-refractivity contribution in [1.29, 1.82) is 5.26 Å². The summed E-state index contributed by atoms with van der Waals surface area (Å²) in [4.78, 5) is -0.124. The van der Waals surface area contributed by atoms with E-state index in [2.05, 4.69) is 25.3 Å². The van der Waals surface area contributed by atoms with Gasteiger partial charge in [-0.1, -0.05) is 17.4 Å². The molecule has 2 aromatic heterocycles. The van der Waals surface area contributed by atoms with Crippen LogP contribution in [0.3, 0.4) is 0 Å². The minimum Gasteiger partial charge on any atom is -0.314 e. The monoisotopic (exact) mass is 610 g/mol. The van der Waals surface area contributed by atoms with Crippen molar-refractivity contribution in [3.05, 3.63) is 28.8 Å². The highest BCUT2D eigenvalue weighted by Gasteiger charge is 2.47. The highest BCUT2D eigenvalue weighted by Crippen LogP contribution is 2.40. The number of alkyl halides is 2. The molecule has 2 N–H and O–H groups in total. The molecule has 3 aromatic rings. The maximum absolute atomic E-state index is 13.4. The van der Waals surface area contributed by atoms with Crippen LogP contribution in [-0.2, 0) is 27.1 Å². The van der Waals surface area contributed by atoms with Gasteiger partial charge in [0.2, 0.25) is 20.0 Å². The molecule has 17 heteroatoms. The normalized spacial score (nSPS) is 19.9. The fourth-order valence-electron chi connectivity index (χ4n) is 4.86. The van der Waals surface area contributed by atoms with Gasteiger partial charge in [-0.2, -0.15) is 19.4 Å². The molecule has 6 rings (SSSR count). The molecule has 1 saturated carbocycles. The van der Waals surface area contributed by atoms with Crippen LogP contribution >= 0.6 is 11.3 Å². The van der Waals surface area contributed by atoms with Crippen molar-refractivity contribution in [3.63, 3.8) is 0 Å². The van der Waals surface area contributed by atoms with Gasteiger partial charge < -0.3 is 5.32 Å². The first-order valence-corrected chi connectivity index (χ1v) is 16.2. The largest absolute Gasteiger partial charge is 0.314 e. The molecule has 212 valence electrons. The summed E-state index contributed by atoms with van der Waals surface area (Å²) in [5, 5.41) is 23.8. The standard InChI is InChI=1S/C23H24F2N8O4S3/c1-32-19-16(13-2-6-33(7-3-13)40(36,37)15-10-27-11-15)8-14(39(34,35)31-23(12-26)4-5-23)9-17(19)18(30-32)21-28-29-22(38-21)20(24)25/h2,8-9,15,20,27,31H,3-7,10-11H2,1H3. The lowest BCUT2D eigenvalue weighted by atomic mass is 9.97. The molecule has 12 nitrogen and oxygen atoms in total. The van der Waals surface area contributed by atoms with E-state index in [-0.39, 0.29) is 28.7 Å². The van der Waals surface area contributed by atoms with Gasteiger partial charge >= 0.3 is 0 Å². The fraction of sp³-hybridized carbons (Fsp3) is 0.478. The van der Waals surface area contributed by atoms with Gasteiger partial charge in [0.15, 0.2) is 10.0 Å². The van der Waals surface area contributed by atoms with Gasteiger partial charge in [0, 0.05) is 44.2 Å². The van der Waals surface area contributed by atoms with Gasteiger partial charge in [0.1, 0.15) is 16.5 Å². The maximum atomic E-state index is 13.4. The lowest BCUT2D eigenvalue weighted by Crippen LogP contribution is -2.56. The predicted molar refractivity (Wildman–Crippen MR) is 142 cm³/mol. The molecule has 4 heterocycles. The molecular formula is C23H24F2N8O4S3. The van der Waals surface area contributed by atoms with Gasteiger partial charge in [0.05, 0.1) is 16.5 Å². The number of nitrogens with one attached hydrogen (secondary N) is 2. The van der Waals surface area contributed by atoms with Crippen LogP contribution in [0.15, 0.2) is 23.1 Å². The summed E-state index contributed by atoms with van der Waals surface area (Å²) in [6.45, 7) is 1.16. The average molecular weight is 611 g/mol. The molecule has 0 unspecified atom stereocenters. The number of aryl methyl sites for hydroxylation is 1. The fourth-order valence-corrected chi connectivity index (χ4v) is 8.69. The second-order valence-electron chi connectivity index (χ2n) is 10.0. The number of sulfonamides is 2. The van der Waals surface area contributed by atoms with Crippen LogP contribution in [-0.4, -0.2) is 78.1 Å². The first-order chi connectivity index (χ1) is 18.9. The number of aromatic nitrogens is 4. The van der Waals surface area contributed by atoms with Crippen molar-refractivity contribution >= 4 is 47.9 Å². The number of hydrogen-bond acceptors (Lipinski definition) is 10. The molecule has 0 spiro atoms. The van der Waals surface area contributed by atoms with Crippen LogP contribution in [0.2, 0.25) is 0 Å². The molecule has 2 fully saturated rings. The molecule has 0 atom stereocenters. The van der Waals surface area contributed by atoms with Gasteiger partial charge in [-0.25, -0.2) is 25.6 Å². The highest BCUT2D eigenvalue weighted by molar-refractivity contribution is 7.90. The van der Waals surface area contributed by atoms with Crippen molar-refractivity contribution in [1.82, 2.24) is 34.3 Å². The zero-order chi connectivity index (χ0) is 28.4. The summed E-state index contributed by atoms with van der Waals surface area (Å²) >= 11 is 0.665. The Morgan fingerprint density at radius 3 is 2.52 bits per heavy atom. The third-order valence-corrected chi connectivity index (χ3v) is 12.1. The van der Waals surface area contributed by atoms with Crippen molar-refractivity contribution in [2.24, 2.45) is 7.05 Å². The maximum Gasteiger partial charge on any atom is 0.291 e. The summed E-state index contributed by atoms with van der Waals surface area (Å²) in [7, 11) is -5.98. The molecule has 2 aliphatic heterocycles. The van der Waals surface area contributed by atoms with E-state index in [1.807, 2.05) is 6.07 Å². The number of halogens is 2. The Bertz CT molecular complexity index is 1800. The van der Waals surface area contributed by atoms with Gasteiger partial charge in [-0.15, -0.1) is 10.2 Å². The zero-order valence-corrected chi connectivity index (χ0v) is 23.6. The van der Waals surface area contributed by atoms with Crippen LogP contribution < -0.4 is 10.0 Å². The van der Waals surface area contributed by atoms with Gasteiger partial charge in [-0.05, 0) is 37.0 Å². The van der Waals surface area contributed by atoms with E-state index >= 15 is 0 Å². The molecule has 0 amide bonds. The van der Waals surface area contributed by atoms with Crippen LogP contribution in [0.4, 0.5) is 8.78 Å². The highest BCUT2D eigenvalue weighted by atomic mass is 32.2. The SMILES string of the molecule is Cn1nc(-c2nnc(C(F)F)s2)c2cc(S(=O)(=O)NC3(C#N)CC3)cc(C3=CCN(S(=O)(=O)C4CNC4)CC3)c21. The smallest absolute Gasteiger partial charge is 0.291 e. The molecule has 0 bridgehead atoms. The second kappa shape index (κ2) is 9.60. The van der Waals surface area contributed by atoms with E-state index < -0.39 is 42.3 Å². The van der Waals surface area contributed by atoms with Crippen LogP contribution in [0.5, 0.6) is 0 Å². The van der Waals surface area contributed by atoms with E-state index in [1.54, 1.807) is 13.1 Å². The Kier molecular flexibility index (Phi) is 6.55. The van der Waals surface area contributed by atoms with E-state index in [0.29, 0.717) is 60.2 Å². The Morgan fingerprint density at radius 2 is 1.98 bits per heavy atom. The first-order valence-electron chi connectivity index (χ1n) is 12.4. The van der Waals surface area contributed by atoms with E-state index in [0.717, 1.165) is 5.57 Å². The summed E-state index contributed by atoms with van der Waals surface area (Å²) in [5.41, 5.74) is 0.810. The van der Waals surface area contributed by atoms with Crippen LogP contribution in [0, 0.1) is 11.3 Å². The molecule has 3 aliphatic rings. The summed E-state index contributed by atoms with van der Waals surface area (Å²) < 4.78 is 84.6. The van der Waals surface area contributed by atoms with E-state index in [1.165, 1.54) is 21.1 Å². The minimum absolute atomic E-state index is 0.106. The molecular weight excluding hydrogens is 587 g/mol. The zero-order valence-electron chi connectivity index (χ0n) is 21.1. The van der Waals surface area contributed by atoms with Crippen LogP contribution in [0.25, 0.3) is 27.2 Å². The van der Waals surface area contributed by atoms with Crippen molar-refractivity contribution in [2.75, 3.05) is 26.2 Å². The molecule has 1 aromatic carbocycles. The third-order valence-electron chi connectivity index (χ3n) is 7.39. The lowest BCUT2D eigenvalue weighted by molar-refractivity contribution is 0.150. The molecule has 1 aliphatic carbocycles. The Morgan fingerprint density at radius 1 is 1.23 bits per heavy atom. The van der Waals surface area contributed by atoms with E-state index in [4.69, 9.17) is 0 Å². The first kappa shape index (κ1) is 27.3. The lowest BCUT2D eigenvalue weighted by Gasteiger charge is -2.34. The van der Waals surface area contributed by atoms with Crippen molar-refractivity contribution < 1.29 is 25.6 Å². The predicted octanol–water partition coefficient (Wildman–Crippen LogP) is 1.75. The number of nitrogens with zero attached hydrogens (tertiary/aromatic N) is 6. The molecule has 1 saturated heterocycles.